The zero-order chi connectivity index (χ0) is 32.5. The van der Waals surface area contributed by atoms with Gasteiger partial charge in [-0.05, 0) is 69.0 Å². The minimum absolute atomic E-state index is 0.117. The number of aryl methyl sites for hydroxylation is 2. The lowest BCUT2D eigenvalue weighted by Gasteiger charge is -2.32. The van der Waals surface area contributed by atoms with Gasteiger partial charge in [0, 0.05) is 42.8 Å². The van der Waals surface area contributed by atoms with Crippen LogP contribution in [0.1, 0.15) is 67.5 Å². The van der Waals surface area contributed by atoms with Gasteiger partial charge in [0.1, 0.15) is 10.7 Å². The molecule has 3 aromatic heterocycles. The molecule has 4 heterocycles. The molecule has 45 heavy (non-hydrogen) atoms. The first-order valence-corrected chi connectivity index (χ1v) is 15.9. The Morgan fingerprint density at radius 3 is 2.42 bits per heavy atom. The zero-order valence-corrected chi connectivity index (χ0v) is 26.8. The predicted molar refractivity (Wildman–Crippen MR) is 173 cm³/mol. The molecule has 0 radical (unpaired) electrons. The molecule has 1 fully saturated rings. The molecule has 0 spiro atoms. The third-order valence-corrected chi connectivity index (χ3v) is 8.70. The first kappa shape index (κ1) is 32.3. The van der Waals surface area contributed by atoms with Crippen LogP contribution in [-0.4, -0.2) is 51.0 Å². The van der Waals surface area contributed by atoms with Crippen molar-refractivity contribution in [1.29, 1.82) is 0 Å². The number of amides is 1. The molecule has 1 aliphatic heterocycles. The van der Waals surface area contributed by atoms with E-state index < -0.39 is 11.9 Å². The number of para-hydroxylation sites is 1. The molecule has 11 heteroatoms. The van der Waals surface area contributed by atoms with Crippen LogP contribution in [0, 0.1) is 0 Å². The number of hydrogen-bond acceptors (Lipinski definition) is 6. The second kappa shape index (κ2) is 13.1. The second-order valence-corrected chi connectivity index (χ2v) is 12.3. The van der Waals surface area contributed by atoms with Crippen LogP contribution >= 0.6 is 11.3 Å². The van der Waals surface area contributed by atoms with Crippen molar-refractivity contribution in [2.75, 3.05) is 19.6 Å². The number of nitrogens with zero attached hydrogens (tertiary/aromatic N) is 4. The largest absolute Gasteiger partial charge is 0.433 e. The molecule has 0 unspecified atom stereocenters. The van der Waals surface area contributed by atoms with Crippen LogP contribution < -0.4 is 10.9 Å². The molecule has 1 saturated heterocycles. The number of pyridine rings is 2. The summed E-state index contributed by atoms with van der Waals surface area (Å²) in [6.45, 7) is 11.7. The lowest BCUT2D eigenvalue weighted by atomic mass is 9.99. The molecular weight excluding hydrogens is 599 g/mol. The number of alkyl halides is 3. The van der Waals surface area contributed by atoms with Crippen LogP contribution in [-0.2, 0) is 19.0 Å². The molecule has 4 aromatic rings. The third kappa shape index (κ3) is 6.64. The van der Waals surface area contributed by atoms with E-state index in [1.54, 1.807) is 16.0 Å². The summed E-state index contributed by atoms with van der Waals surface area (Å²) in [7, 11) is 0. The number of aromatic nitrogens is 3. The van der Waals surface area contributed by atoms with Gasteiger partial charge in [0.15, 0.2) is 0 Å². The van der Waals surface area contributed by atoms with Crippen molar-refractivity contribution < 1.29 is 18.0 Å². The van der Waals surface area contributed by atoms with E-state index in [-0.39, 0.29) is 23.1 Å². The summed E-state index contributed by atoms with van der Waals surface area (Å²) < 4.78 is 41.0. The second-order valence-electron chi connectivity index (χ2n) is 11.4. The van der Waals surface area contributed by atoms with Gasteiger partial charge in [-0.2, -0.15) is 13.2 Å². The van der Waals surface area contributed by atoms with Crippen molar-refractivity contribution >= 4 is 23.3 Å². The smallest absolute Gasteiger partial charge is 0.336 e. The highest BCUT2D eigenvalue weighted by atomic mass is 32.1. The van der Waals surface area contributed by atoms with Crippen LogP contribution in [0.3, 0.4) is 0 Å². The third-order valence-electron chi connectivity index (χ3n) is 7.82. The number of carbonyl (C=O) groups excluding carboxylic acids is 1. The average molecular weight is 636 g/mol. The molecule has 1 N–H and O–H groups in total. The van der Waals surface area contributed by atoms with Crippen molar-refractivity contribution in [3.8, 4) is 27.5 Å². The van der Waals surface area contributed by atoms with Gasteiger partial charge < -0.3 is 10.2 Å². The normalized spacial score (nSPS) is 15.3. The van der Waals surface area contributed by atoms with Gasteiger partial charge in [-0.25, -0.2) is 4.98 Å². The number of rotatable bonds is 7. The van der Waals surface area contributed by atoms with Gasteiger partial charge in [0.25, 0.3) is 11.5 Å². The van der Waals surface area contributed by atoms with Gasteiger partial charge in [-0.15, -0.1) is 11.3 Å². The van der Waals surface area contributed by atoms with Crippen LogP contribution in [0.15, 0.2) is 58.3 Å². The van der Waals surface area contributed by atoms with E-state index in [1.807, 2.05) is 63.8 Å². The van der Waals surface area contributed by atoms with Gasteiger partial charge in [-0.1, -0.05) is 37.6 Å². The number of hydrogen-bond donors (Lipinski definition) is 1. The molecule has 0 bridgehead atoms. The summed E-state index contributed by atoms with van der Waals surface area (Å²) in [4.78, 5) is 39.0. The standard InChI is InChI=1S/C34H36F3N5O2S/c1-6-22-9-8-10-23(7-2)30(22)42-28(15-20(3)4)25(32(43)41-14-13-38-21(5)18-41)16-26(33(42)44)31-40-27(19-45-31)24-11-12-29(39-17-24)34(35,36)37/h8-12,15-17,19,21,38H,6-7,13-14,18H2,1-5H3/t21-/m0/s1. The van der Waals surface area contributed by atoms with Crippen molar-refractivity contribution in [3.05, 3.63) is 92.0 Å². The van der Waals surface area contributed by atoms with E-state index in [0.717, 1.165) is 34.7 Å². The molecular formula is C34H36F3N5O2S. The Morgan fingerprint density at radius 2 is 1.84 bits per heavy atom. The fraction of sp³-hybridized carbons (Fsp3) is 0.353. The fourth-order valence-electron chi connectivity index (χ4n) is 5.63. The molecule has 1 atom stereocenters. The van der Waals surface area contributed by atoms with E-state index in [9.17, 15) is 22.8 Å². The van der Waals surface area contributed by atoms with Crippen LogP contribution in [0.4, 0.5) is 13.2 Å². The Morgan fingerprint density at radius 1 is 1.13 bits per heavy atom. The molecule has 0 saturated carbocycles. The number of nitrogens with one attached hydrogen (secondary N) is 1. The van der Waals surface area contributed by atoms with Crippen molar-refractivity contribution in [3.63, 3.8) is 0 Å². The van der Waals surface area contributed by atoms with Crippen LogP contribution in [0.25, 0.3) is 33.6 Å². The summed E-state index contributed by atoms with van der Waals surface area (Å²) in [6, 6.07) is 9.96. The Bertz CT molecular complexity index is 1780. The topological polar surface area (TPSA) is 80.1 Å². The maximum absolute atomic E-state index is 14.6. The number of carbonyl (C=O) groups is 1. The lowest BCUT2D eigenvalue weighted by Crippen LogP contribution is -2.51. The Hall–Kier alpha value is -4.09. The van der Waals surface area contributed by atoms with Crippen molar-refractivity contribution in [2.24, 2.45) is 0 Å². The fourth-order valence-corrected chi connectivity index (χ4v) is 6.46. The van der Waals surface area contributed by atoms with E-state index >= 15 is 0 Å². The highest BCUT2D eigenvalue weighted by molar-refractivity contribution is 7.13. The van der Waals surface area contributed by atoms with Crippen molar-refractivity contribution in [1.82, 2.24) is 24.8 Å². The number of halogens is 3. The van der Waals surface area contributed by atoms with Gasteiger partial charge >= 0.3 is 6.18 Å². The van der Waals surface area contributed by atoms with Crippen molar-refractivity contribution in [2.45, 2.75) is 59.7 Å². The highest BCUT2D eigenvalue weighted by Gasteiger charge is 2.32. The van der Waals surface area contributed by atoms with E-state index in [0.29, 0.717) is 60.0 Å². The minimum Gasteiger partial charge on any atom is -0.336 e. The molecule has 1 amide bonds. The SMILES string of the molecule is CCc1cccc(CC)c1-n1c(C=C(C)C)c(C(=O)N2CCN[C@@H](C)C2)cc(-c2nc(-c3ccc(C(F)(F)F)nc3)cs2)c1=O. The maximum Gasteiger partial charge on any atom is 0.433 e. The number of thiazole rings is 1. The number of benzene rings is 1. The first-order chi connectivity index (χ1) is 21.4. The average Bonchev–Trinajstić information content (AvgIpc) is 3.50. The monoisotopic (exact) mass is 635 g/mol. The molecule has 5 rings (SSSR count). The summed E-state index contributed by atoms with van der Waals surface area (Å²) >= 11 is 1.20. The molecule has 1 aromatic carbocycles. The molecule has 236 valence electrons. The zero-order valence-electron chi connectivity index (χ0n) is 26.0. The van der Waals surface area contributed by atoms with Crippen LogP contribution in [0.5, 0.6) is 0 Å². The molecule has 0 aliphatic carbocycles. The quantitative estimate of drug-likeness (QED) is 0.236. The molecule has 1 aliphatic rings. The summed E-state index contributed by atoms with van der Waals surface area (Å²) in [5, 5.41) is 5.42. The Kier molecular flexibility index (Phi) is 9.41. The van der Waals surface area contributed by atoms with Gasteiger partial charge in [-0.3, -0.25) is 19.1 Å². The lowest BCUT2D eigenvalue weighted by molar-refractivity contribution is -0.141. The Labute approximate surface area is 264 Å². The van der Waals surface area contributed by atoms with Gasteiger partial charge in [0.05, 0.1) is 28.2 Å². The van der Waals surface area contributed by atoms with E-state index in [4.69, 9.17) is 0 Å². The summed E-state index contributed by atoms with van der Waals surface area (Å²) in [5.41, 5.74) is 4.25. The molecule has 7 nitrogen and oxygen atoms in total. The first-order valence-electron chi connectivity index (χ1n) is 15.0. The predicted octanol–water partition coefficient (Wildman–Crippen LogP) is 7.02. The number of piperazine rings is 1. The summed E-state index contributed by atoms with van der Waals surface area (Å²) in [6.07, 6.45) is -0.189. The minimum atomic E-state index is -4.55. The number of allylic oxidation sites excluding steroid dienone is 1. The Balaban J connectivity index is 1.77. The van der Waals surface area contributed by atoms with E-state index in [1.165, 1.54) is 17.4 Å². The van der Waals surface area contributed by atoms with Crippen LogP contribution in [0.2, 0.25) is 0 Å². The highest BCUT2D eigenvalue weighted by Crippen LogP contribution is 2.33. The maximum atomic E-state index is 14.6. The van der Waals surface area contributed by atoms with E-state index in [2.05, 4.69) is 15.3 Å². The summed E-state index contributed by atoms with van der Waals surface area (Å²) in [5.74, 6) is -0.179. The van der Waals surface area contributed by atoms with Gasteiger partial charge in [0.2, 0.25) is 0 Å².